The van der Waals surface area contributed by atoms with Crippen LogP contribution in [0.2, 0.25) is 0 Å². The number of ether oxygens (including phenoxy) is 1. The molecule has 2 aromatic heterocycles. The Balaban J connectivity index is 2.26. The largest absolute Gasteiger partial charge is 0.496 e. The fraction of sp³-hybridized carbons (Fsp3) is 0.368. The van der Waals surface area contributed by atoms with Gasteiger partial charge in [0.15, 0.2) is 5.76 Å². The lowest BCUT2D eigenvalue weighted by atomic mass is 9.92. The van der Waals surface area contributed by atoms with Crippen molar-refractivity contribution in [2.75, 3.05) is 7.11 Å². The summed E-state index contributed by atoms with van der Waals surface area (Å²) in [7, 11) is 1.60. The van der Waals surface area contributed by atoms with E-state index in [2.05, 4.69) is 25.9 Å². The molecular weight excluding hydrogens is 306 g/mol. The van der Waals surface area contributed by atoms with Gasteiger partial charge in [-0.1, -0.05) is 25.9 Å². The van der Waals surface area contributed by atoms with E-state index in [0.29, 0.717) is 22.7 Å². The summed E-state index contributed by atoms with van der Waals surface area (Å²) in [6, 6.07) is 5.57. The molecule has 3 aromatic rings. The molecule has 2 heterocycles. The SMILES string of the molecule is COc1cc(-c2cc(C(C)(C)C)no2)cc2oc(=O)c(C)c(C)c12. The fourth-order valence-corrected chi connectivity index (χ4v) is 2.62. The van der Waals surface area contributed by atoms with Crippen LogP contribution in [0.25, 0.3) is 22.3 Å². The number of nitrogens with zero attached hydrogens (tertiary/aromatic N) is 1. The van der Waals surface area contributed by atoms with E-state index in [1.807, 2.05) is 19.1 Å². The molecule has 0 atom stereocenters. The van der Waals surface area contributed by atoms with E-state index >= 15 is 0 Å². The molecule has 0 amide bonds. The molecule has 0 fully saturated rings. The normalized spacial score (nSPS) is 11.9. The smallest absolute Gasteiger partial charge is 0.339 e. The molecule has 0 N–H and O–H groups in total. The molecule has 0 unspecified atom stereocenters. The van der Waals surface area contributed by atoms with Gasteiger partial charge >= 0.3 is 5.63 Å². The van der Waals surface area contributed by atoms with Gasteiger partial charge in [0.2, 0.25) is 0 Å². The molecule has 1 aromatic carbocycles. The third-order valence-corrected chi connectivity index (χ3v) is 4.30. The lowest BCUT2D eigenvalue weighted by Gasteiger charge is -2.12. The molecule has 5 heteroatoms. The van der Waals surface area contributed by atoms with Crippen molar-refractivity contribution in [3.05, 3.63) is 45.4 Å². The first-order chi connectivity index (χ1) is 11.2. The number of aromatic nitrogens is 1. The molecule has 3 rings (SSSR count). The summed E-state index contributed by atoms with van der Waals surface area (Å²) in [4.78, 5) is 12.0. The maximum Gasteiger partial charge on any atom is 0.339 e. The van der Waals surface area contributed by atoms with E-state index in [0.717, 1.165) is 22.2 Å². The minimum Gasteiger partial charge on any atom is -0.496 e. The van der Waals surface area contributed by atoms with Crippen molar-refractivity contribution in [1.82, 2.24) is 5.16 Å². The van der Waals surface area contributed by atoms with Gasteiger partial charge in [-0.2, -0.15) is 0 Å². The molecule has 24 heavy (non-hydrogen) atoms. The molecule has 0 aliphatic carbocycles. The highest BCUT2D eigenvalue weighted by atomic mass is 16.5. The van der Waals surface area contributed by atoms with Gasteiger partial charge in [-0.05, 0) is 31.5 Å². The van der Waals surface area contributed by atoms with Gasteiger partial charge in [0.05, 0.1) is 18.2 Å². The van der Waals surface area contributed by atoms with Crippen LogP contribution in [-0.4, -0.2) is 12.3 Å². The van der Waals surface area contributed by atoms with E-state index < -0.39 is 0 Å². The molecule has 0 bridgehead atoms. The average Bonchev–Trinajstić information content (AvgIpc) is 3.01. The first-order valence-electron chi connectivity index (χ1n) is 7.82. The standard InChI is InChI=1S/C19H21NO4/c1-10-11(2)18(21)23-15-8-12(7-14(22-6)17(10)15)13-9-16(20-24-13)19(3,4)5/h7-9H,1-6H3. The zero-order valence-electron chi connectivity index (χ0n) is 14.8. The van der Waals surface area contributed by atoms with Crippen molar-refractivity contribution in [3.8, 4) is 17.1 Å². The average molecular weight is 327 g/mol. The summed E-state index contributed by atoms with van der Waals surface area (Å²) in [5.41, 5.74) is 3.09. The van der Waals surface area contributed by atoms with Crippen LogP contribution in [0.1, 0.15) is 37.6 Å². The van der Waals surface area contributed by atoms with Crippen LogP contribution in [0.4, 0.5) is 0 Å². The number of aryl methyl sites for hydroxylation is 1. The fourth-order valence-electron chi connectivity index (χ4n) is 2.62. The minimum absolute atomic E-state index is 0.108. The van der Waals surface area contributed by atoms with Crippen LogP contribution in [0, 0.1) is 13.8 Å². The third kappa shape index (κ3) is 2.60. The lowest BCUT2D eigenvalue weighted by Crippen LogP contribution is -2.10. The Bertz CT molecular complexity index is 973. The van der Waals surface area contributed by atoms with E-state index in [1.165, 1.54) is 0 Å². The topological polar surface area (TPSA) is 65.5 Å². The summed E-state index contributed by atoms with van der Waals surface area (Å²) < 4.78 is 16.5. The Morgan fingerprint density at radius 3 is 2.38 bits per heavy atom. The second-order valence-corrected chi connectivity index (χ2v) is 7.02. The zero-order chi connectivity index (χ0) is 17.6. The molecule has 0 spiro atoms. The van der Waals surface area contributed by atoms with Gasteiger partial charge in [-0.25, -0.2) is 4.79 Å². The van der Waals surface area contributed by atoms with Crippen molar-refractivity contribution < 1.29 is 13.7 Å². The number of fused-ring (bicyclic) bond motifs is 1. The van der Waals surface area contributed by atoms with Crippen molar-refractivity contribution in [2.45, 2.75) is 40.0 Å². The minimum atomic E-state index is -0.341. The summed E-state index contributed by atoms with van der Waals surface area (Å²) in [6.07, 6.45) is 0. The molecule has 0 saturated carbocycles. The Labute approximate surface area is 140 Å². The molecular formula is C19H21NO4. The monoisotopic (exact) mass is 327 g/mol. The molecule has 0 aliphatic rings. The highest BCUT2D eigenvalue weighted by Gasteiger charge is 2.21. The second-order valence-electron chi connectivity index (χ2n) is 7.02. The number of rotatable bonds is 2. The van der Waals surface area contributed by atoms with E-state index in [4.69, 9.17) is 13.7 Å². The quantitative estimate of drug-likeness (QED) is 0.654. The van der Waals surface area contributed by atoms with Crippen LogP contribution >= 0.6 is 0 Å². The summed E-state index contributed by atoms with van der Waals surface area (Å²) in [5.74, 6) is 1.25. The highest BCUT2D eigenvalue weighted by molar-refractivity contribution is 5.91. The summed E-state index contributed by atoms with van der Waals surface area (Å²) in [6.45, 7) is 9.85. The van der Waals surface area contributed by atoms with Gasteiger partial charge in [0.25, 0.3) is 0 Å². The van der Waals surface area contributed by atoms with Crippen LogP contribution in [0.5, 0.6) is 5.75 Å². The Morgan fingerprint density at radius 2 is 1.79 bits per heavy atom. The number of benzene rings is 1. The maximum absolute atomic E-state index is 12.0. The second kappa shape index (κ2) is 5.51. The van der Waals surface area contributed by atoms with Crippen LogP contribution < -0.4 is 10.4 Å². The van der Waals surface area contributed by atoms with Gasteiger partial charge in [0.1, 0.15) is 11.3 Å². The Morgan fingerprint density at radius 1 is 1.08 bits per heavy atom. The van der Waals surface area contributed by atoms with Crippen molar-refractivity contribution >= 4 is 11.0 Å². The maximum atomic E-state index is 12.0. The van der Waals surface area contributed by atoms with Crippen molar-refractivity contribution in [1.29, 1.82) is 0 Å². The molecule has 0 saturated heterocycles. The van der Waals surface area contributed by atoms with E-state index in [-0.39, 0.29) is 11.0 Å². The van der Waals surface area contributed by atoms with E-state index in [9.17, 15) is 4.79 Å². The van der Waals surface area contributed by atoms with Gasteiger partial charge in [-0.15, -0.1) is 0 Å². The summed E-state index contributed by atoms with van der Waals surface area (Å²) in [5, 5.41) is 4.94. The zero-order valence-corrected chi connectivity index (χ0v) is 14.8. The number of hydrogen-bond donors (Lipinski definition) is 0. The molecule has 126 valence electrons. The first-order valence-corrected chi connectivity index (χ1v) is 7.82. The van der Waals surface area contributed by atoms with Gasteiger partial charge in [-0.3, -0.25) is 0 Å². The molecule has 0 aliphatic heterocycles. The highest BCUT2D eigenvalue weighted by Crippen LogP contribution is 2.35. The predicted octanol–water partition coefficient (Wildman–Crippen LogP) is 4.37. The lowest BCUT2D eigenvalue weighted by molar-refractivity contribution is 0.401. The number of hydrogen-bond acceptors (Lipinski definition) is 5. The molecule has 5 nitrogen and oxygen atoms in total. The van der Waals surface area contributed by atoms with Crippen LogP contribution in [0.3, 0.4) is 0 Å². The predicted molar refractivity (Wildman–Crippen MR) is 92.7 cm³/mol. The third-order valence-electron chi connectivity index (χ3n) is 4.30. The van der Waals surface area contributed by atoms with Crippen LogP contribution in [0.15, 0.2) is 31.9 Å². The van der Waals surface area contributed by atoms with Crippen LogP contribution in [-0.2, 0) is 5.41 Å². The van der Waals surface area contributed by atoms with Crippen molar-refractivity contribution in [2.24, 2.45) is 0 Å². The summed E-state index contributed by atoms with van der Waals surface area (Å²) >= 11 is 0. The first kappa shape index (κ1) is 16.3. The Hall–Kier alpha value is -2.56. The van der Waals surface area contributed by atoms with Crippen molar-refractivity contribution in [3.63, 3.8) is 0 Å². The number of methoxy groups -OCH3 is 1. The van der Waals surface area contributed by atoms with Gasteiger partial charge < -0.3 is 13.7 Å². The Kier molecular flexibility index (Phi) is 3.74. The van der Waals surface area contributed by atoms with E-state index in [1.54, 1.807) is 20.1 Å². The van der Waals surface area contributed by atoms with Gasteiger partial charge in [0, 0.05) is 22.6 Å². The molecule has 0 radical (unpaired) electrons.